The molecular formula is C7H9IN2. The summed E-state index contributed by atoms with van der Waals surface area (Å²) in [6.45, 7) is 0. The first kappa shape index (κ1) is 7.81. The van der Waals surface area contributed by atoms with Gasteiger partial charge in [-0.1, -0.05) is 40.8 Å². The molecule has 0 bridgehead atoms. The Kier molecular flexibility index (Phi) is 2.95. The van der Waals surface area contributed by atoms with Gasteiger partial charge in [0.05, 0.1) is 5.69 Å². The maximum absolute atomic E-state index is 5.27. The number of benzene rings is 1. The Morgan fingerprint density at radius 3 is 2.60 bits per heavy atom. The quantitative estimate of drug-likeness (QED) is 0.363. The highest BCUT2D eigenvalue weighted by Crippen LogP contribution is 2.16. The van der Waals surface area contributed by atoms with E-state index in [1.807, 2.05) is 18.2 Å². The second-order valence-corrected chi connectivity index (χ2v) is 2.70. The van der Waals surface area contributed by atoms with Crippen LogP contribution >= 0.6 is 22.6 Å². The van der Waals surface area contributed by atoms with E-state index < -0.39 is 0 Å². The molecule has 0 spiro atoms. The van der Waals surface area contributed by atoms with Gasteiger partial charge in [-0.3, -0.25) is 5.84 Å². The van der Waals surface area contributed by atoms with Crippen LogP contribution in [-0.2, 0) is 4.43 Å². The summed E-state index contributed by atoms with van der Waals surface area (Å²) in [6, 6.07) is 8.00. The third-order valence-corrected chi connectivity index (χ3v) is 2.14. The highest BCUT2D eigenvalue weighted by atomic mass is 127. The molecule has 0 heterocycles. The summed E-state index contributed by atoms with van der Waals surface area (Å²) in [4.78, 5) is 0. The Hall–Kier alpha value is -0.290. The largest absolute Gasteiger partial charge is 0.324 e. The number of hydrogen-bond acceptors (Lipinski definition) is 2. The zero-order chi connectivity index (χ0) is 7.40. The van der Waals surface area contributed by atoms with Crippen molar-refractivity contribution in [2.45, 2.75) is 4.43 Å². The number of rotatable bonds is 2. The Morgan fingerprint density at radius 1 is 1.40 bits per heavy atom. The topological polar surface area (TPSA) is 38.0 Å². The first-order valence-electron chi connectivity index (χ1n) is 2.99. The van der Waals surface area contributed by atoms with Crippen LogP contribution in [0.4, 0.5) is 5.69 Å². The van der Waals surface area contributed by atoms with Crippen molar-refractivity contribution in [3.63, 3.8) is 0 Å². The van der Waals surface area contributed by atoms with E-state index in [1.54, 1.807) is 0 Å². The van der Waals surface area contributed by atoms with Gasteiger partial charge in [0.25, 0.3) is 0 Å². The molecule has 0 unspecified atom stereocenters. The van der Waals surface area contributed by atoms with Gasteiger partial charge in [-0.25, -0.2) is 0 Å². The van der Waals surface area contributed by atoms with Crippen LogP contribution < -0.4 is 11.3 Å². The van der Waals surface area contributed by atoms with Crippen LogP contribution in [0.5, 0.6) is 0 Å². The SMILES string of the molecule is NNc1ccccc1CI. The van der Waals surface area contributed by atoms with Crippen LogP contribution in [0, 0.1) is 0 Å². The zero-order valence-corrected chi connectivity index (χ0v) is 7.63. The summed E-state index contributed by atoms with van der Waals surface area (Å²) >= 11 is 2.31. The first-order chi connectivity index (χ1) is 4.88. The lowest BCUT2D eigenvalue weighted by molar-refractivity contribution is 1.31. The number of halogens is 1. The second kappa shape index (κ2) is 3.78. The minimum Gasteiger partial charge on any atom is -0.324 e. The highest BCUT2D eigenvalue weighted by molar-refractivity contribution is 14.1. The third-order valence-electron chi connectivity index (χ3n) is 1.32. The van der Waals surface area contributed by atoms with Crippen molar-refractivity contribution in [3.05, 3.63) is 29.8 Å². The lowest BCUT2D eigenvalue weighted by atomic mass is 10.2. The molecule has 1 rings (SSSR count). The average molecular weight is 248 g/mol. The first-order valence-corrected chi connectivity index (χ1v) is 4.51. The summed E-state index contributed by atoms with van der Waals surface area (Å²) in [5.41, 5.74) is 4.89. The van der Waals surface area contributed by atoms with Crippen LogP contribution in [0.3, 0.4) is 0 Å². The molecule has 54 valence electrons. The van der Waals surface area contributed by atoms with Gasteiger partial charge in [0, 0.05) is 4.43 Å². The van der Waals surface area contributed by atoms with Crippen LogP contribution in [0.25, 0.3) is 0 Å². The lowest BCUT2D eigenvalue weighted by Gasteiger charge is -2.03. The lowest BCUT2D eigenvalue weighted by Crippen LogP contribution is -2.08. The van der Waals surface area contributed by atoms with Gasteiger partial charge >= 0.3 is 0 Å². The summed E-state index contributed by atoms with van der Waals surface area (Å²) in [6.07, 6.45) is 0. The number of hydrogen-bond donors (Lipinski definition) is 2. The maximum Gasteiger partial charge on any atom is 0.0524 e. The van der Waals surface area contributed by atoms with Gasteiger partial charge in [0.2, 0.25) is 0 Å². The molecule has 3 N–H and O–H groups in total. The molecule has 0 atom stereocenters. The van der Waals surface area contributed by atoms with E-state index in [0.29, 0.717) is 0 Å². The van der Waals surface area contributed by atoms with E-state index in [4.69, 9.17) is 5.84 Å². The number of hydrazine groups is 1. The molecule has 2 nitrogen and oxygen atoms in total. The van der Waals surface area contributed by atoms with E-state index in [0.717, 1.165) is 10.1 Å². The van der Waals surface area contributed by atoms with Gasteiger partial charge in [0.15, 0.2) is 0 Å². The van der Waals surface area contributed by atoms with E-state index in [9.17, 15) is 0 Å². The van der Waals surface area contributed by atoms with Gasteiger partial charge in [-0.2, -0.15) is 0 Å². The van der Waals surface area contributed by atoms with E-state index in [1.165, 1.54) is 5.56 Å². The number of nitrogens with two attached hydrogens (primary N) is 1. The van der Waals surface area contributed by atoms with Crippen molar-refractivity contribution in [1.82, 2.24) is 0 Å². The Labute approximate surface area is 73.9 Å². The Bertz CT molecular complexity index is 190. The summed E-state index contributed by atoms with van der Waals surface area (Å²) < 4.78 is 0.984. The Balaban J connectivity index is 2.96. The number of nitrogen functional groups attached to an aromatic ring is 1. The predicted octanol–water partition coefficient (Wildman–Crippen LogP) is 1.91. The average Bonchev–Trinajstić information content (AvgIpc) is 2.04. The molecule has 3 heteroatoms. The zero-order valence-electron chi connectivity index (χ0n) is 5.47. The molecule has 0 aliphatic heterocycles. The molecule has 0 saturated carbocycles. The van der Waals surface area contributed by atoms with Gasteiger partial charge in [-0.05, 0) is 11.6 Å². The number of nitrogens with one attached hydrogen (secondary N) is 1. The maximum atomic E-state index is 5.27. The number of alkyl halides is 1. The van der Waals surface area contributed by atoms with E-state index in [-0.39, 0.29) is 0 Å². The summed E-state index contributed by atoms with van der Waals surface area (Å²) in [7, 11) is 0. The molecule has 0 aliphatic rings. The van der Waals surface area contributed by atoms with Crippen molar-refractivity contribution >= 4 is 28.3 Å². The molecule has 1 aromatic rings. The number of anilines is 1. The molecular weight excluding hydrogens is 239 g/mol. The van der Waals surface area contributed by atoms with Crippen molar-refractivity contribution < 1.29 is 0 Å². The predicted molar refractivity (Wildman–Crippen MR) is 52.0 cm³/mol. The summed E-state index contributed by atoms with van der Waals surface area (Å²) in [5, 5.41) is 0. The van der Waals surface area contributed by atoms with Gasteiger partial charge in [0.1, 0.15) is 0 Å². The van der Waals surface area contributed by atoms with Crippen LogP contribution in [0.15, 0.2) is 24.3 Å². The number of para-hydroxylation sites is 1. The monoisotopic (exact) mass is 248 g/mol. The molecule has 0 radical (unpaired) electrons. The van der Waals surface area contributed by atoms with Gasteiger partial charge in [-0.15, -0.1) is 0 Å². The van der Waals surface area contributed by atoms with Crippen molar-refractivity contribution in [3.8, 4) is 0 Å². The molecule has 0 saturated heterocycles. The van der Waals surface area contributed by atoms with Gasteiger partial charge < -0.3 is 5.43 Å². The smallest absolute Gasteiger partial charge is 0.0524 e. The van der Waals surface area contributed by atoms with Crippen molar-refractivity contribution in [2.75, 3.05) is 5.43 Å². The van der Waals surface area contributed by atoms with E-state index >= 15 is 0 Å². The molecule has 10 heavy (non-hydrogen) atoms. The standard InChI is InChI=1S/C7H9IN2/c8-5-6-3-1-2-4-7(6)10-9/h1-4,10H,5,9H2. The van der Waals surface area contributed by atoms with E-state index in [2.05, 4.69) is 34.1 Å². The highest BCUT2D eigenvalue weighted by Gasteiger charge is 1.94. The Morgan fingerprint density at radius 2 is 2.10 bits per heavy atom. The molecule has 0 amide bonds. The fourth-order valence-corrected chi connectivity index (χ4v) is 1.44. The van der Waals surface area contributed by atoms with Crippen molar-refractivity contribution in [2.24, 2.45) is 5.84 Å². The minimum absolute atomic E-state index is 0.984. The van der Waals surface area contributed by atoms with Crippen LogP contribution in [-0.4, -0.2) is 0 Å². The van der Waals surface area contributed by atoms with Crippen LogP contribution in [0.2, 0.25) is 0 Å². The van der Waals surface area contributed by atoms with Crippen LogP contribution in [0.1, 0.15) is 5.56 Å². The second-order valence-electron chi connectivity index (χ2n) is 1.94. The molecule has 1 aromatic carbocycles. The fraction of sp³-hybridized carbons (Fsp3) is 0.143. The molecule has 0 aromatic heterocycles. The third kappa shape index (κ3) is 1.60. The molecule has 0 aliphatic carbocycles. The minimum atomic E-state index is 0.984. The van der Waals surface area contributed by atoms with Crippen molar-refractivity contribution in [1.29, 1.82) is 0 Å². The fourth-order valence-electron chi connectivity index (χ4n) is 0.778. The molecule has 0 fully saturated rings. The normalized spacial score (nSPS) is 9.40. The summed E-state index contributed by atoms with van der Waals surface area (Å²) in [5.74, 6) is 5.27.